The molecule has 4 rings (SSSR count). The van der Waals surface area contributed by atoms with Crippen LogP contribution >= 0.6 is 23.5 Å². The van der Waals surface area contributed by atoms with E-state index in [4.69, 9.17) is 15.3 Å². The number of ether oxygens (including phenoxy) is 1. The van der Waals surface area contributed by atoms with Crippen molar-refractivity contribution in [1.29, 1.82) is 0 Å². The number of nitrogens with one attached hydrogen (secondary N) is 2. The average Bonchev–Trinajstić information content (AvgIpc) is 3.38. The van der Waals surface area contributed by atoms with Crippen molar-refractivity contribution >= 4 is 58.9 Å². The molecule has 2 aromatic heterocycles. The number of nitrogens with zero attached hydrogens (tertiary/aromatic N) is 8. The van der Waals surface area contributed by atoms with Gasteiger partial charge in [0.1, 0.15) is 35.6 Å². The fourth-order valence-electron chi connectivity index (χ4n) is 3.94. The molecule has 0 saturated carbocycles. The van der Waals surface area contributed by atoms with Crippen molar-refractivity contribution in [3.05, 3.63) is 29.4 Å². The Balaban J connectivity index is 1.40. The van der Waals surface area contributed by atoms with Gasteiger partial charge in [-0.3, -0.25) is 14.5 Å². The third-order valence-electron chi connectivity index (χ3n) is 5.69. The number of carbonyl (C=O) groups excluding carboxylic acids is 3. The number of β-lactam (4-membered cyclic amide) rings is 1. The Bertz CT molecular complexity index is 1470. The molecule has 0 spiro atoms. The normalized spacial score (nSPS) is 18.5. The van der Waals surface area contributed by atoms with Crippen LogP contribution in [0.5, 0.6) is 0 Å². The first-order valence-electron chi connectivity index (χ1n) is 12.7. The number of aromatic nitrogens is 6. The first-order valence-corrected chi connectivity index (χ1v) is 14.7. The maximum atomic E-state index is 13.1. The largest absolute Gasteiger partial charge is 0.477 e. The van der Waals surface area contributed by atoms with E-state index in [2.05, 4.69) is 41.3 Å². The fourth-order valence-corrected chi connectivity index (χ4v) is 6.32. The predicted octanol–water partition coefficient (Wildman–Crippen LogP) is -0.549. The summed E-state index contributed by atoms with van der Waals surface area (Å²) >= 11 is 2.48. The van der Waals surface area contributed by atoms with Crippen molar-refractivity contribution in [1.82, 2.24) is 45.7 Å². The SMILES string of the molecule is CO/N=C(\C(=O)NC1C(=O)N2C(C(=O)O)=C(CSc3nnnn3CCNC(=O)OC(C)(C)C)CS[C@H]12)c1nccc(N)n1. The molecule has 1 fully saturated rings. The van der Waals surface area contributed by atoms with Crippen molar-refractivity contribution in [3.8, 4) is 0 Å². The number of alkyl carbamates (subject to hydrolysis) is 1. The van der Waals surface area contributed by atoms with Crippen LogP contribution in [0, 0.1) is 0 Å². The summed E-state index contributed by atoms with van der Waals surface area (Å²) in [6.45, 7) is 5.71. The number of carboxylic acid groups (broad SMARTS) is 1. The van der Waals surface area contributed by atoms with Gasteiger partial charge < -0.3 is 31.0 Å². The second-order valence-corrected chi connectivity index (χ2v) is 12.0. The van der Waals surface area contributed by atoms with Gasteiger partial charge in [-0.25, -0.2) is 24.2 Å². The Hall–Kier alpha value is -4.46. The summed E-state index contributed by atoms with van der Waals surface area (Å²) in [6, 6.07) is 0.409. The van der Waals surface area contributed by atoms with E-state index in [1.807, 2.05) is 0 Å². The monoisotopic (exact) mass is 635 g/mol. The molecule has 18 nitrogen and oxygen atoms in total. The average molecular weight is 636 g/mol. The summed E-state index contributed by atoms with van der Waals surface area (Å²) < 4.78 is 6.66. The van der Waals surface area contributed by atoms with Crippen LogP contribution in [0.4, 0.5) is 10.6 Å². The minimum atomic E-state index is -1.28. The number of anilines is 1. The molecule has 230 valence electrons. The van der Waals surface area contributed by atoms with Crippen LogP contribution in [-0.2, 0) is 30.5 Å². The molecule has 3 amide bonds. The maximum Gasteiger partial charge on any atom is 0.407 e. The molecule has 2 aromatic rings. The number of rotatable bonds is 11. The van der Waals surface area contributed by atoms with E-state index in [-0.39, 0.29) is 47.6 Å². The molecule has 1 unspecified atom stereocenters. The summed E-state index contributed by atoms with van der Waals surface area (Å²) in [7, 11) is 1.23. The van der Waals surface area contributed by atoms with E-state index >= 15 is 0 Å². The Morgan fingerprint density at radius 2 is 2.09 bits per heavy atom. The quantitative estimate of drug-likeness (QED) is 0.105. The number of thioether (sulfide) groups is 2. The lowest BCUT2D eigenvalue weighted by Gasteiger charge is -2.49. The standard InChI is InChI=1S/C23H29N11O7S2/c1-23(2,3)41-22(39)26-7-8-33-21(29-31-32-33)43-10-11-9-42-19-14(18(36)34(19)15(11)20(37)38)28-17(35)13(30-40-4)16-25-6-5-12(24)27-16/h5-6,14,19H,7-10H2,1-4H3,(H,26,39)(H,28,35)(H,37,38)(H2,24,25,27)/b30-13-/t14?,19-/m1/s1. The highest BCUT2D eigenvalue weighted by molar-refractivity contribution is 8.01. The molecule has 20 heteroatoms. The van der Waals surface area contributed by atoms with Crippen molar-refractivity contribution in [2.75, 3.05) is 30.9 Å². The van der Waals surface area contributed by atoms with Crippen LogP contribution in [0.1, 0.15) is 26.6 Å². The van der Waals surface area contributed by atoms with Crippen molar-refractivity contribution in [2.24, 2.45) is 5.16 Å². The Kier molecular flexibility index (Phi) is 9.69. The zero-order valence-corrected chi connectivity index (χ0v) is 25.1. The van der Waals surface area contributed by atoms with Gasteiger partial charge >= 0.3 is 12.1 Å². The molecule has 1 saturated heterocycles. The first kappa shape index (κ1) is 31.5. The number of tetrazole rings is 1. The number of hydrogen-bond acceptors (Lipinski definition) is 15. The van der Waals surface area contributed by atoms with E-state index in [0.717, 1.165) is 4.90 Å². The third-order valence-corrected chi connectivity index (χ3v) is 8.07. The minimum Gasteiger partial charge on any atom is -0.477 e. The Labute approximate surface area is 253 Å². The van der Waals surface area contributed by atoms with Gasteiger partial charge in [0, 0.05) is 24.2 Å². The van der Waals surface area contributed by atoms with E-state index in [1.54, 1.807) is 20.8 Å². The molecule has 0 bridgehead atoms. The van der Waals surface area contributed by atoms with Gasteiger partial charge in [0.15, 0.2) is 5.82 Å². The number of nitrogen functional groups attached to an aromatic ring is 1. The van der Waals surface area contributed by atoms with Gasteiger partial charge in [-0.15, -0.1) is 16.9 Å². The van der Waals surface area contributed by atoms with Crippen molar-refractivity contribution in [3.63, 3.8) is 0 Å². The number of carboxylic acids is 1. The van der Waals surface area contributed by atoms with E-state index < -0.39 is 40.9 Å². The first-order chi connectivity index (χ1) is 20.4. The van der Waals surface area contributed by atoms with Crippen LogP contribution in [-0.4, -0.2) is 112 Å². The molecule has 2 aliphatic heterocycles. The molecule has 4 heterocycles. The van der Waals surface area contributed by atoms with Gasteiger partial charge in [-0.1, -0.05) is 16.9 Å². The molecule has 2 aliphatic rings. The number of amides is 3. The molecule has 0 radical (unpaired) electrons. The lowest BCUT2D eigenvalue weighted by Crippen LogP contribution is -2.71. The van der Waals surface area contributed by atoms with E-state index in [9.17, 15) is 24.3 Å². The summed E-state index contributed by atoms with van der Waals surface area (Å²) in [5.74, 6) is -2.23. The number of oxime groups is 1. The molecule has 0 aliphatic carbocycles. The van der Waals surface area contributed by atoms with Crippen LogP contribution < -0.4 is 16.4 Å². The zero-order chi connectivity index (χ0) is 31.3. The second kappa shape index (κ2) is 13.2. The smallest absolute Gasteiger partial charge is 0.407 e. The molecule has 43 heavy (non-hydrogen) atoms. The summed E-state index contributed by atoms with van der Waals surface area (Å²) in [5.41, 5.74) is 5.06. The topological polar surface area (TPSA) is 242 Å². The molecule has 2 atom stereocenters. The number of nitrogens with two attached hydrogens (primary N) is 1. The summed E-state index contributed by atoms with van der Waals surface area (Å²) in [4.78, 5) is 64.0. The highest BCUT2D eigenvalue weighted by Crippen LogP contribution is 2.41. The summed E-state index contributed by atoms with van der Waals surface area (Å²) in [5, 5.41) is 30.1. The van der Waals surface area contributed by atoms with Crippen LogP contribution in [0.2, 0.25) is 0 Å². The number of fused-ring (bicyclic) bond motifs is 1. The molecule has 0 aromatic carbocycles. The van der Waals surface area contributed by atoms with Gasteiger partial charge in [0.25, 0.3) is 11.8 Å². The number of carbonyl (C=O) groups is 4. The number of hydrogen-bond donors (Lipinski definition) is 4. The maximum absolute atomic E-state index is 13.1. The van der Waals surface area contributed by atoms with Gasteiger partial charge in [0.05, 0.1) is 6.54 Å². The van der Waals surface area contributed by atoms with Gasteiger partial charge in [-0.2, -0.15) is 0 Å². The van der Waals surface area contributed by atoms with Gasteiger partial charge in [0.2, 0.25) is 10.9 Å². The van der Waals surface area contributed by atoms with E-state index in [0.29, 0.717) is 10.7 Å². The lowest BCUT2D eigenvalue weighted by atomic mass is 10.0. The van der Waals surface area contributed by atoms with Crippen LogP contribution in [0.3, 0.4) is 0 Å². The van der Waals surface area contributed by atoms with Crippen molar-refractivity contribution < 1.29 is 33.9 Å². The number of aliphatic carboxylic acids is 1. The minimum absolute atomic E-state index is 0.100. The fraction of sp³-hybridized carbons (Fsp3) is 0.478. The lowest BCUT2D eigenvalue weighted by molar-refractivity contribution is -0.150. The molecular formula is C23H29N11O7S2. The van der Waals surface area contributed by atoms with Gasteiger partial charge in [-0.05, 0) is 42.8 Å². The van der Waals surface area contributed by atoms with Crippen molar-refractivity contribution in [2.45, 2.75) is 49.5 Å². The third kappa shape index (κ3) is 7.49. The highest BCUT2D eigenvalue weighted by Gasteiger charge is 2.54. The zero-order valence-electron chi connectivity index (χ0n) is 23.5. The highest BCUT2D eigenvalue weighted by atomic mass is 32.2. The van der Waals surface area contributed by atoms with E-state index in [1.165, 1.54) is 47.6 Å². The molecular weight excluding hydrogens is 606 g/mol. The second-order valence-electron chi connectivity index (χ2n) is 9.95. The summed E-state index contributed by atoms with van der Waals surface area (Å²) in [6.07, 6.45) is 0.764. The van der Waals surface area contributed by atoms with Crippen LogP contribution in [0.25, 0.3) is 0 Å². The Morgan fingerprint density at radius 3 is 2.77 bits per heavy atom. The Morgan fingerprint density at radius 1 is 1.33 bits per heavy atom. The van der Waals surface area contributed by atoms with Crippen LogP contribution in [0.15, 0.2) is 33.8 Å². The predicted molar refractivity (Wildman–Crippen MR) is 152 cm³/mol. The molecule has 5 N–H and O–H groups in total.